The zero-order valence-electron chi connectivity index (χ0n) is 41.0. The van der Waals surface area contributed by atoms with Gasteiger partial charge in [0.2, 0.25) is 35.4 Å². The molecule has 0 radical (unpaired) electrons. The van der Waals surface area contributed by atoms with Crippen LogP contribution in [0, 0.1) is 11.3 Å². The van der Waals surface area contributed by atoms with E-state index >= 15 is 0 Å². The van der Waals surface area contributed by atoms with Gasteiger partial charge in [0.1, 0.15) is 28.0 Å². The van der Waals surface area contributed by atoms with Crippen LogP contribution in [0.3, 0.4) is 0 Å². The number of thioether (sulfide) groups is 1. The van der Waals surface area contributed by atoms with Crippen LogP contribution in [0.15, 0.2) is 0 Å². The maximum Gasteiger partial charge on any atom is 0.315 e. The molecule has 2 aliphatic rings. The molecule has 2 fully saturated rings. The molecule has 0 aromatic carbocycles. The lowest BCUT2D eigenvalue weighted by molar-refractivity contribution is -0.136. The van der Waals surface area contributed by atoms with Gasteiger partial charge in [0.05, 0.1) is 70.7 Å². The number of nitrogens with one attached hydrogen (secondary N) is 7. The van der Waals surface area contributed by atoms with Crippen molar-refractivity contribution in [3.8, 4) is 0 Å². The van der Waals surface area contributed by atoms with E-state index < -0.39 is 74.2 Å². The lowest BCUT2D eigenvalue weighted by atomic mass is 9.85. The molecule has 2 rings (SSSR count). The van der Waals surface area contributed by atoms with Gasteiger partial charge in [-0.25, -0.2) is 13.2 Å². The number of unbranched alkanes of at least 4 members (excludes halogenated alkanes) is 1. The van der Waals surface area contributed by atoms with Crippen molar-refractivity contribution in [1.82, 2.24) is 37.2 Å². The summed E-state index contributed by atoms with van der Waals surface area (Å²) in [7, 11) is -3.49. The SMILES string of the molecule is CC[C@H](NC(=O)CCOCCOCCOCCOCCNC(=O)CCCC[C@H]1SC[C@@H]2NC(=O)N[C@@H]21)C(=O)N[C@H](C(=O)N[C@@H](CC(C)C)C(=O)N[C@@H](CCC(N)=O)[C@@H](S)CS(C)(=O)=O)C(C)(C)C. The van der Waals surface area contributed by atoms with Crippen LogP contribution in [0.2, 0.25) is 0 Å². The van der Waals surface area contributed by atoms with Gasteiger partial charge in [-0.3, -0.25) is 28.8 Å². The summed E-state index contributed by atoms with van der Waals surface area (Å²) in [6, 6.07) is -3.71. The Labute approximate surface area is 412 Å². The van der Waals surface area contributed by atoms with Gasteiger partial charge in [0.15, 0.2) is 0 Å². The molecule has 0 aliphatic carbocycles. The van der Waals surface area contributed by atoms with Gasteiger partial charge in [-0.2, -0.15) is 24.4 Å². The third-order valence-corrected chi connectivity index (χ3v) is 14.3. The van der Waals surface area contributed by atoms with Gasteiger partial charge in [0.25, 0.3) is 0 Å². The molecule has 0 bridgehead atoms. The van der Waals surface area contributed by atoms with Gasteiger partial charge >= 0.3 is 6.03 Å². The monoisotopic (exact) mass is 1020 g/mol. The molecule has 2 heterocycles. The first-order valence-electron chi connectivity index (χ1n) is 23.6. The van der Waals surface area contributed by atoms with Crippen molar-refractivity contribution in [2.24, 2.45) is 17.1 Å². The lowest BCUT2D eigenvalue weighted by Gasteiger charge is -2.33. The second-order valence-electron chi connectivity index (χ2n) is 18.7. The third-order valence-electron chi connectivity index (χ3n) is 11.0. The first kappa shape index (κ1) is 60.7. The van der Waals surface area contributed by atoms with Crippen molar-refractivity contribution < 1.29 is 60.9 Å². The van der Waals surface area contributed by atoms with Crippen LogP contribution in [0.25, 0.3) is 0 Å². The van der Waals surface area contributed by atoms with Crippen molar-refractivity contribution in [3.63, 3.8) is 0 Å². The van der Waals surface area contributed by atoms with Crippen LogP contribution in [0.4, 0.5) is 4.79 Å². The van der Waals surface area contributed by atoms with Gasteiger partial charge in [-0.15, -0.1) is 0 Å². The average molecular weight is 1030 g/mol. The predicted octanol–water partition coefficient (Wildman–Crippen LogP) is 0.335. The van der Waals surface area contributed by atoms with E-state index in [1.807, 2.05) is 25.6 Å². The molecular formula is C44H80N8O13S3. The maximum absolute atomic E-state index is 13.8. The summed E-state index contributed by atoms with van der Waals surface area (Å²) in [4.78, 5) is 88.9. The molecule has 8 atom stereocenters. The summed E-state index contributed by atoms with van der Waals surface area (Å²) in [6.07, 6.45) is 4.52. The maximum atomic E-state index is 13.8. The number of rotatable bonds is 36. The van der Waals surface area contributed by atoms with Crippen LogP contribution < -0.4 is 43.0 Å². The first-order valence-corrected chi connectivity index (χ1v) is 27.2. The van der Waals surface area contributed by atoms with E-state index in [9.17, 15) is 42.0 Å². The molecule has 8 amide bonds. The number of primary amides is 1. The van der Waals surface area contributed by atoms with Gasteiger partial charge in [-0.1, -0.05) is 48.0 Å². The molecule has 21 nitrogen and oxygen atoms in total. The Morgan fingerprint density at radius 3 is 1.97 bits per heavy atom. The van der Waals surface area contributed by atoms with E-state index in [2.05, 4.69) is 49.8 Å². The number of carbonyl (C=O) groups is 7. The Bertz CT molecular complexity index is 1720. The Morgan fingerprint density at radius 2 is 1.40 bits per heavy atom. The number of ether oxygens (including phenoxy) is 4. The van der Waals surface area contributed by atoms with Crippen LogP contribution in [0.1, 0.15) is 99.3 Å². The predicted molar refractivity (Wildman–Crippen MR) is 263 cm³/mol. The summed E-state index contributed by atoms with van der Waals surface area (Å²) >= 11 is 6.27. The Kier molecular flexibility index (Phi) is 28.3. The Hall–Kier alpha value is -3.42. The third kappa shape index (κ3) is 25.4. The average Bonchev–Trinajstić information content (AvgIpc) is 3.80. The van der Waals surface area contributed by atoms with Gasteiger partial charge in [-0.05, 0) is 43.4 Å². The second-order valence-corrected chi connectivity index (χ2v) is 22.8. The molecule has 24 heteroatoms. The minimum atomic E-state index is -3.49. The molecule has 0 spiro atoms. The molecule has 392 valence electrons. The number of nitrogens with two attached hydrogens (primary N) is 1. The molecule has 0 saturated carbocycles. The fourth-order valence-electron chi connectivity index (χ4n) is 7.42. The number of hydrogen-bond donors (Lipinski definition) is 9. The van der Waals surface area contributed by atoms with Crippen LogP contribution >= 0.6 is 24.4 Å². The highest BCUT2D eigenvalue weighted by molar-refractivity contribution is 8.00. The quantitative estimate of drug-likeness (QED) is 0.0232. The lowest BCUT2D eigenvalue weighted by Crippen LogP contribution is -2.61. The molecule has 0 unspecified atom stereocenters. The summed E-state index contributed by atoms with van der Waals surface area (Å²) in [5.74, 6) is -2.41. The van der Waals surface area contributed by atoms with E-state index in [4.69, 9.17) is 24.7 Å². The standard InChI is InChI=1S/C44H80N8O13S3/c1-8-29(40(56)52-39(44(4,5)6)42(58)49-31(25-28(2)3)41(57)48-30(13-14-35(45)53)33(66)27-68(7,60)61)47-37(55)15-17-62-19-21-64-23-24-65-22-20-63-18-16-46-36(54)12-10-9-11-34-38-32(26-67-34)50-43(59)51-38/h28-34,38-39,66H,8-27H2,1-7H3,(H2,45,53)(H,46,54)(H,47,55)(H,48,57)(H,49,58)(H,52,56)(H2,50,51,59)/t29-,30-,31-,32-,33-,34+,38-,39+/m0/s1. The number of fused-ring (bicyclic) bond motifs is 1. The number of hydrogen-bond acceptors (Lipinski definition) is 15. The summed E-state index contributed by atoms with van der Waals surface area (Å²) in [5, 5.41) is 19.3. The fourth-order valence-corrected chi connectivity index (χ4v) is 10.8. The van der Waals surface area contributed by atoms with E-state index in [1.165, 1.54) is 0 Å². The Balaban J connectivity index is 1.63. The van der Waals surface area contributed by atoms with Crippen molar-refractivity contribution in [3.05, 3.63) is 0 Å². The first-order chi connectivity index (χ1) is 32.0. The molecule has 9 N–H and O–H groups in total. The smallest absolute Gasteiger partial charge is 0.315 e. The van der Waals surface area contributed by atoms with Gasteiger partial charge in [0, 0.05) is 54.4 Å². The largest absolute Gasteiger partial charge is 0.379 e. The number of urea groups is 1. The van der Waals surface area contributed by atoms with Crippen molar-refractivity contribution >= 4 is 75.7 Å². The molecule has 68 heavy (non-hydrogen) atoms. The second kappa shape index (κ2) is 31.7. The number of amides is 8. The highest BCUT2D eigenvalue weighted by Crippen LogP contribution is 2.33. The van der Waals surface area contributed by atoms with E-state index in [1.54, 1.807) is 27.7 Å². The number of sulfone groups is 1. The molecule has 0 aromatic heterocycles. The molecule has 2 aliphatic heterocycles. The minimum absolute atomic E-state index is 0.00542. The van der Waals surface area contributed by atoms with Crippen LogP contribution in [0.5, 0.6) is 0 Å². The van der Waals surface area contributed by atoms with E-state index in [-0.39, 0.29) is 87.6 Å². The summed E-state index contributed by atoms with van der Waals surface area (Å²) in [5.41, 5.74) is 4.49. The Morgan fingerprint density at radius 1 is 0.794 bits per heavy atom. The zero-order chi connectivity index (χ0) is 50.9. The molecule has 0 aromatic rings. The highest BCUT2D eigenvalue weighted by atomic mass is 32.2. The van der Waals surface area contributed by atoms with E-state index in [0.29, 0.717) is 51.2 Å². The summed E-state index contributed by atoms with van der Waals surface area (Å²) in [6.45, 7) is 13.5. The summed E-state index contributed by atoms with van der Waals surface area (Å²) < 4.78 is 46.0. The topological polar surface area (TPSA) is 301 Å². The van der Waals surface area contributed by atoms with Crippen molar-refractivity contribution in [1.29, 1.82) is 0 Å². The fraction of sp³-hybridized carbons (Fsp3) is 0.841. The minimum Gasteiger partial charge on any atom is -0.379 e. The zero-order valence-corrected chi connectivity index (χ0v) is 43.5. The normalized spacial score (nSPS) is 19.1. The van der Waals surface area contributed by atoms with Crippen LogP contribution in [-0.4, -0.2) is 174 Å². The van der Waals surface area contributed by atoms with Crippen LogP contribution in [-0.2, 0) is 57.6 Å². The number of thiol groups is 1. The van der Waals surface area contributed by atoms with E-state index in [0.717, 1.165) is 31.3 Å². The molecule has 2 saturated heterocycles. The molecular weight excluding hydrogens is 945 g/mol. The number of carbonyl (C=O) groups excluding carboxylic acids is 7. The van der Waals surface area contributed by atoms with Gasteiger partial charge < -0.3 is 61.9 Å². The highest BCUT2D eigenvalue weighted by Gasteiger charge is 2.42. The van der Waals surface area contributed by atoms with Crippen molar-refractivity contribution in [2.75, 3.05) is 77.2 Å². The van der Waals surface area contributed by atoms with Crippen molar-refractivity contribution in [2.45, 2.75) is 146 Å².